The number of hydrogen-bond acceptors (Lipinski definition) is 4. The Morgan fingerprint density at radius 2 is 2.11 bits per heavy atom. The van der Waals surface area contributed by atoms with Crippen LogP contribution in [0.25, 0.3) is 17.3 Å². The lowest BCUT2D eigenvalue weighted by Gasteiger charge is -1.98. The van der Waals surface area contributed by atoms with Gasteiger partial charge in [0.2, 0.25) is 0 Å². The van der Waals surface area contributed by atoms with Gasteiger partial charge in [-0.1, -0.05) is 47.8 Å². The van der Waals surface area contributed by atoms with Crippen LogP contribution in [0.15, 0.2) is 40.5 Å². The molecule has 0 saturated heterocycles. The van der Waals surface area contributed by atoms with Gasteiger partial charge in [0.05, 0.1) is 19.2 Å². The number of carbonyl (C=O) groups is 1. The molecular weight excluding hydrogens is 262 g/mol. The monoisotopic (exact) mass is 275 g/mol. The van der Waals surface area contributed by atoms with E-state index in [2.05, 4.69) is 9.72 Å². The maximum absolute atomic E-state index is 11.1. The highest BCUT2D eigenvalue weighted by Gasteiger charge is 2.00. The van der Waals surface area contributed by atoms with Crippen molar-refractivity contribution in [3.63, 3.8) is 0 Å². The number of benzene rings is 1. The molecular formula is C14H13NO3S. The minimum absolute atomic E-state index is 0.0583. The van der Waals surface area contributed by atoms with Crippen LogP contribution in [0.4, 0.5) is 0 Å². The van der Waals surface area contributed by atoms with Crippen molar-refractivity contribution >= 4 is 23.4 Å². The highest BCUT2D eigenvalue weighted by atomic mass is 32.1. The van der Waals surface area contributed by atoms with Crippen LogP contribution in [0.2, 0.25) is 0 Å². The van der Waals surface area contributed by atoms with Crippen molar-refractivity contribution < 1.29 is 9.53 Å². The van der Waals surface area contributed by atoms with Gasteiger partial charge in [-0.3, -0.25) is 9.59 Å². The molecule has 4 nitrogen and oxygen atoms in total. The maximum atomic E-state index is 11.1. The first kappa shape index (κ1) is 13.3. The van der Waals surface area contributed by atoms with Crippen molar-refractivity contribution in [2.75, 3.05) is 7.11 Å². The van der Waals surface area contributed by atoms with Crippen molar-refractivity contribution in [1.82, 2.24) is 4.98 Å². The van der Waals surface area contributed by atoms with E-state index in [1.807, 2.05) is 30.3 Å². The molecule has 0 unspecified atom stereocenters. The van der Waals surface area contributed by atoms with Crippen LogP contribution in [-0.2, 0) is 9.53 Å². The molecule has 0 saturated carbocycles. The molecule has 0 amide bonds. The number of H-pyrrole nitrogens is 1. The van der Waals surface area contributed by atoms with Crippen molar-refractivity contribution in [2.45, 2.75) is 6.42 Å². The van der Waals surface area contributed by atoms with Gasteiger partial charge in [-0.2, -0.15) is 0 Å². The van der Waals surface area contributed by atoms with Crippen LogP contribution < -0.4 is 4.87 Å². The average molecular weight is 275 g/mol. The second-order valence-corrected chi connectivity index (χ2v) is 4.71. The molecule has 0 bridgehead atoms. The number of carbonyl (C=O) groups excluding carboxylic acids is 1. The Bertz CT molecular complexity index is 637. The van der Waals surface area contributed by atoms with Gasteiger partial charge in [-0.05, 0) is 11.1 Å². The molecule has 0 aliphatic heterocycles. The lowest BCUT2D eigenvalue weighted by molar-refractivity contribution is -0.139. The predicted octanol–water partition coefficient (Wildman–Crippen LogP) is 2.68. The fraction of sp³-hybridized carbons (Fsp3) is 0.143. The zero-order chi connectivity index (χ0) is 13.7. The van der Waals surface area contributed by atoms with Crippen molar-refractivity contribution in [1.29, 1.82) is 0 Å². The molecule has 1 aromatic heterocycles. The number of nitrogens with one attached hydrogen (secondary N) is 1. The number of ether oxygens (including phenoxy) is 1. The van der Waals surface area contributed by atoms with E-state index in [1.54, 1.807) is 11.5 Å². The molecule has 1 N–H and O–H groups in total. The summed E-state index contributed by atoms with van der Waals surface area (Å²) in [6.07, 6.45) is 3.88. The lowest BCUT2D eigenvalue weighted by Crippen LogP contribution is -1.96. The Morgan fingerprint density at radius 3 is 2.68 bits per heavy atom. The standard InChI is InChI=1S/C14H13NO3S/c1-18-13(16)4-2-3-10-5-7-11(8-6-10)12-9-19-14(17)15-12/h2-3,5-9H,4H2,1H3,(H,15,17). The van der Waals surface area contributed by atoms with E-state index < -0.39 is 0 Å². The van der Waals surface area contributed by atoms with Crippen LogP contribution in [0.1, 0.15) is 12.0 Å². The van der Waals surface area contributed by atoms with Gasteiger partial charge in [0.25, 0.3) is 0 Å². The largest absolute Gasteiger partial charge is 0.469 e. The maximum Gasteiger partial charge on any atom is 0.309 e. The van der Waals surface area contributed by atoms with Crippen LogP contribution >= 0.6 is 11.3 Å². The quantitative estimate of drug-likeness (QED) is 0.873. The number of hydrogen-bond donors (Lipinski definition) is 1. The Kier molecular flexibility index (Phi) is 4.30. The van der Waals surface area contributed by atoms with E-state index in [9.17, 15) is 9.59 Å². The number of methoxy groups -OCH3 is 1. The second kappa shape index (κ2) is 6.15. The predicted molar refractivity (Wildman–Crippen MR) is 76.0 cm³/mol. The highest BCUT2D eigenvalue weighted by Crippen LogP contribution is 2.18. The van der Waals surface area contributed by atoms with E-state index in [4.69, 9.17) is 0 Å². The smallest absolute Gasteiger partial charge is 0.309 e. The molecule has 0 spiro atoms. The van der Waals surface area contributed by atoms with Crippen LogP contribution in [0, 0.1) is 0 Å². The summed E-state index contributed by atoms with van der Waals surface area (Å²) in [5, 5.41) is 1.80. The third kappa shape index (κ3) is 3.66. The number of esters is 1. The van der Waals surface area contributed by atoms with Gasteiger partial charge in [-0.25, -0.2) is 0 Å². The Morgan fingerprint density at radius 1 is 1.37 bits per heavy atom. The molecule has 0 aliphatic rings. The zero-order valence-electron chi connectivity index (χ0n) is 10.4. The molecule has 0 atom stereocenters. The van der Waals surface area contributed by atoms with E-state index >= 15 is 0 Å². The topological polar surface area (TPSA) is 59.2 Å². The Hall–Kier alpha value is -2.14. The van der Waals surface area contributed by atoms with Crippen molar-refractivity contribution in [2.24, 2.45) is 0 Å². The van der Waals surface area contributed by atoms with E-state index in [0.29, 0.717) is 0 Å². The van der Waals surface area contributed by atoms with Gasteiger partial charge in [0, 0.05) is 5.38 Å². The van der Waals surface area contributed by atoms with Gasteiger partial charge in [0.1, 0.15) is 0 Å². The number of aromatic amines is 1. The number of aromatic nitrogens is 1. The molecule has 5 heteroatoms. The van der Waals surface area contributed by atoms with Gasteiger partial charge in [0.15, 0.2) is 0 Å². The fourth-order valence-corrected chi connectivity index (χ4v) is 2.16. The van der Waals surface area contributed by atoms with Crippen molar-refractivity contribution in [3.8, 4) is 11.3 Å². The van der Waals surface area contributed by atoms with Gasteiger partial charge < -0.3 is 9.72 Å². The molecule has 19 heavy (non-hydrogen) atoms. The molecule has 1 aromatic carbocycles. The summed E-state index contributed by atoms with van der Waals surface area (Å²) in [7, 11) is 1.37. The van der Waals surface area contributed by atoms with Gasteiger partial charge >= 0.3 is 10.8 Å². The summed E-state index contributed by atoms with van der Waals surface area (Å²) >= 11 is 1.15. The van der Waals surface area contributed by atoms with Crippen LogP contribution in [-0.4, -0.2) is 18.1 Å². The minimum Gasteiger partial charge on any atom is -0.469 e. The molecule has 0 radical (unpaired) electrons. The van der Waals surface area contributed by atoms with Crippen LogP contribution in [0.5, 0.6) is 0 Å². The van der Waals surface area contributed by atoms with Crippen molar-refractivity contribution in [3.05, 3.63) is 51.0 Å². The molecule has 1 heterocycles. The lowest BCUT2D eigenvalue weighted by atomic mass is 10.1. The zero-order valence-corrected chi connectivity index (χ0v) is 11.2. The Balaban J connectivity index is 2.06. The third-order valence-electron chi connectivity index (χ3n) is 2.56. The first-order chi connectivity index (χ1) is 9.19. The summed E-state index contributed by atoms with van der Waals surface area (Å²) in [6.45, 7) is 0. The summed E-state index contributed by atoms with van der Waals surface area (Å²) < 4.78 is 4.54. The number of thiazole rings is 1. The van der Waals surface area contributed by atoms with Crippen LogP contribution in [0.3, 0.4) is 0 Å². The third-order valence-corrected chi connectivity index (χ3v) is 3.23. The Labute approximate surface area is 114 Å². The molecule has 98 valence electrons. The van der Waals surface area contributed by atoms with Gasteiger partial charge in [-0.15, -0.1) is 0 Å². The first-order valence-electron chi connectivity index (χ1n) is 5.70. The highest BCUT2D eigenvalue weighted by molar-refractivity contribution is 7.07. The summed E-state index contributed by atoms with van der Waals surface area (Å²) in [4.78, 5) is 24.7. The summed E-state index contributed by atoms with van der Waals surface area (Å²) in [6, 6.07) is 7.71. The van der Waals surface area contributed by atoms with E-state index in [-0.39, 0.29) is 17.3 Å². The normalized spacial score (nSPS) is 10.8. The van der Waals surface area contributed by atoms with E-state index in [0.717, 1.165) is 28.2 Å². The summed E-state index contributed by atoms with van der Waals surface area (Å²) in [5.41, 5.74) is 2.77. The first-order valence-corrected chi connectivity index (χ1v) is 6.58. The molecule has 0 aliphatic carbocycles. The SMILES string of the molecule is COC(=O)CC=Cc1ccc(-c2csc(=O)[nH]2)cc1. The number of rotatable bonds is 4. The second-order valence-electron chi connectivity index (χ2n) is 3.87. The average Bonchev–Trinajstić information content (AvgIpc) is 2.86. The molecule has 2 aromatic rings. The fourth-order valence-electron chi connectivity index (χ4n) is 1.57. The molecule has 0 fully saturated rings. The minimum atomic E-state index is -0.260. The molecule has 2 rings (SSSR count). The van der Waals surface area contributed by atoms with E-state index in [1.165, 1.54) is 7.11 Å². The summed E-state index contributed by atoms with van der Waals surface area (Å²) in [5.74, 6) is -0.260.